The van der Waals surface area contributed by atoms with Crippen LogP contribution in [0.4, 0.5) is 11.6 Å². The van der Waals surface area contributed by atoms with Gasteiger partial charge in [-0.25, -0.2) is 9.97 Å². The monoisotopic (exact) mass is 215 g/mol. The van der Waals surface area contributed by atoms with Gasteiger partial charge in [-0.05, 0) is 12.1 Å². The maximum absolute atomic E-state index is 11.7. The van der Waals surface area contributed by atoms with Gasteiger partial charge in [-0.3, -0.25) is 15.1 Å². The average molecular weight is 215 g/mol. The molecule has 2 aromatic heterocycles. The molecule has 0 aliphatic heterocycles. The van der Waals surface area contributed by atoms with Gasteiger partial charge < -0.3 is 5.73 Å². The molecule has 0 unspecified atom stereocenters. The maximum atomic E-state index is 11.7. The van der Waals surface area contributed by atoms with E-state index in [9.17, 15) is 4.79 Å². The molecule has 0 aliphatic carbocycles. The Kier molecular flexibility index (Phi) is 2.73. The molecule has 0 spiro atoms. The van der Waals surface area contributed by atoms with Gasteiger partial charge in [-0.15, -0.1) is 0 Å². The van der Waals surface area contributed by atoms with Crippen LogP contribution in [0.1, 0.15) is 10.4 Å². The molecule has 0 radical (unpaired) electrons. The summed E-state index contributed by atoms with van der Waals surface area (Å²) in [5, 5.41) is 2.53. The third-order valence-electron chi connectivity index (χ3n) is 1.89. The molecule has 0 bridgehead atoms. The second-order valence-electron chi connectivity index (χ2n) is 2.99. The number of carbonyl (C=O) groups is 1. The highest BCUT2D eigenvalue weighted by Crippen LogP contribution is 2.10. The molecule has 6 nitrogen and oxygen atoms in total. The van der Waals surface area contributed by atoms with Crippen molar-refractivity contribution in [3.63, 3.8) is 0 Å². The summed E-state index contributed by atoms with van der Waals surface area (Å²) in [4.78, 5) is 23.3. The molecule has 2 heterocycles. The minimum atomic E-state index is -0.355. The fourth-order valence-corrected chi connectivity index (χ4v) is 1.15. The first-order valence-electron chi connectivity index (χ1n) is 4.55. The number of amides is 1. The third kappa shape index (κ3) is 2.11. The summed E-state index contributed by atoms with van der Waals surface area (Å²) in [6.07, 6.45) is 5.99. The van der Waals surface area contributed by atoms with E-state index < -0.39 is 0 Å². The van der Waals surface area contributed by atoms with Crippen LogP contribution < -0.4 is 11.1 Å². The van der Waals surface area contributed by atoms with Gasteiger partial charge in [0.2, 0.25) is 5.95 Å². The number of anilines is 2. The number of nitrogens with zero attached hydrogens (tertiary/aromatic N) is 3. The van der Waals surface area contributed by atoms with Crippen molar-refractivity contribution in [2.75, 3.05) is 11.1 Å². The lowest BCUT2D eigenvalue weighted by atomic mass is 10.2. The molecule has 0 aliphatic rings. The number of aromatic nitrogens is 3. The zero-order valence-electron chi connectivity index (χ0n) is 8.29. The molecular weight excluding hydrogens is 206 g/mol. The van der Waals surface area contributed by atoms with Crippen molar-refractivity contribution in [3.05, 3.63) is 42.5 Å². The van der Waals surface area contributed by atoms with Gasteiger partial charge in [0.25, 0.3) is 5.91 Å². The van der Waals surface area contributed by atoms with Crippen LogP contribution in [0.2, 0.25) is 0 Å². The lowest BCUT2D eigenvalue weighted by molar-refractivity contribution is 0.102. The van der Waals surface area contributed by atoms with Crippen LogP contribution in [-0.4, -0.2) is 20.9 Å². The van der Waals surface area contributed by atoms with Crippen molar-refractivity contribution in [1.82, 2.24) is 15.0 Å². The fraction of sp³-hybridized carbons (Fsp3) is 0. The molecule has 0 fully saturated rings. The van der Waals surface area contributed by atoms with Crippen LogP contribution in [0.3, 0.4) is 0 Å². The Hall–Kier alpha value is -2.50. The molecule has 0 saturated heterocycles. The van der Waals surface area contributed by atoms with Gasteiger partial charge in [0, 0.05) is 18.6 Å². The van der Waals surface area contributed by atoms with Crippen molar-refractivity contribution >= 4 is 17.5 Å². The van der Waals surface area contributed by atoms with Crippen LogP contribution in [0.25, 0.3) is 0 Å². The summed E-state index contributed by atoms with van der Waals surface area (Å²) < 4.78 is 0. The van der Waals surface area contributed by atoms with Crippen LogP contribution in [0.15, 0.2) is 36.9 Å². The van der Waals surface area contributed by atoms with Crippen molar-refractivity contribution < 1.29 is 4.79 Å². The highest BCUT2D eigenvalue weighted by molar-refractivity contribution is 6.06. The van der Waals surface area contributed by atoms with Crippen LogP contribution in [0.5, 0.6) is 0 Å². The summed E-state index contributed by atoms with van der Waals surface area (Å²) in [5.74, 6) is -0.116. The highest BCUT2D eigenvalue weighted by Gasteiger charge is 2.10. The number of nitrogens with one attached hydrogen (secondary N) is 1. The first-order valence-corrected chi connectivity index (χ1v) is 4.55. The predicted molar refractivity (Wildman–Crippen MR) is 58.6 cm³/mol. The zero-order chi connectivity index (χ0) is 11.4. The standard InChI is InChI=1S/C10H9N5O/c11-8-6-12-5-2-7(8)9(16)15-10-13-3-1-4-14-10/h1-6H,11H2,(H,13,14,15,16). The van der Waals surface area contributed by atoms with Gasteiger partial charge in [0.1, 0.15) is 0 Å². The molecule has 80 valence electrons. The molecule has 16 heavy (non-hydrogen) atoms. The summed E-state index contributed by atoms with van der Waals surface area (Å²) in [5.41, 5.74) is 6.28. The van der Waals surface area contributed by atoms with E-state index in [0.717, 1.165) is 0 Å². The molecule has 2 aromatic rings. The summed E-state index contributed by atoms with van der Waals surface area (Å²) in [6.45, 7) is 0. The summed E-state index contributed by atoms with van der Waals surface area (Å²) >= 11 is 0. The Balaban J connectivity index is 2.19. The largest absolute Gasteiger partial charge is 0.397 e. The second-order valence-corrected chi connectivity index (χ2v) is 2.99. The van der Waals surface area contributed by atoms with Gasteiger partial charge >= 0.3 is 0 Å². The molecule has 6 heteroatoms. The molecule has 0 aromatic carbocycles. The van der Waals surface area contributed by atoms with E-state index in [1.165, 1.54) is 18.5 Å². The maximum Gasteiger partial charge on any atom is 0.260 e. The van der Waals surface area contributed by atoms with Gasteiger partial charge in [0.15, 0.2) is 0 Å². The van der Waals surface area contributed by atoms with Crippen LogP contribution >= 0.6 is 0 Å². The van der Waals surface area contributed by atoms with Crippen LogP contribution in [0, 0.1) is 0 Å². The Morgan fingerprint density at radius 1 is 1.25 bits per heavy atom. The average Bonchev–Trinajstić information content (AvgIpc) is 2.31. The predicted octanol–water partition coefficient (Wildman–Crippen LogP) is 0.706. The Bertz CT molecular complexity index is 500. The van der Waals surface area contributed by atoms with Crippen molar-refractivity contribution in [2.45, 2.75) is 0 Å². The molecule has 2 rings (SSSR count). The topological polar surface area (TPSA) is 93.8 Å². The van der Waals surface area contributed by atoms with Crippen molar-refractivity contribution in [3.8, 4) is 0 Å². The Morgan fingerprint density at radius 3 is 2.69 bits per heavy atom. The number of pyridine rings is 1. The summed E-state index contributed by atoms with van der Waals surface area (Å²) in [6, 6.07) is 3.20. The fourth-order valence-electron chi connectivity index (χ4n) is 1.15. The van der Waals surface area contributed by atoms with E-state index in [1.807, 2.05) is 0 Å². The highest BCUT2D eigenvalue weighted by atomic mass is 16.1. The molecule has 0 saturated carbocycles. The van der Waals surface area contributed by atoms with Crippen LogP contribution in [-0.2, 0) is 0 Å². The van der Waals surface area contributed by atoms with Gasteiger partial charge in [-0.1, -0.05) is 0 Å². The van der Waals surface area contributed by atoms with E-state index >= 15 is 0 Å². The number of rotatable bonds is 2. The van der Waals surface area contributed by atoms with Crippen molar-refractivity contribution in [2.24, 2.45) is 0 Å². The lowest BCUT2D eigenvalue weighted by Crippen LogP contribution is -2.15. The number of nitrogens with two attached hydrogens (primary N) is 1. The van der Waals surface area contributed by atoms with E-state index in [0.29, 0.717) is 11.3 Å². The first kappa shape index (κ1) is 10.0. The molecule has 0 atom stereocenters. The Labute approximate surface area is 91.6 Å². The minimum Gasteiger partial charge on any atom is -0.397 e. The number of hydrogen-bond donors (Lipinski definition) is 2. The molecule has 1 amide bonds. The second kappa shape index (κ2) is 4.35. The SMILES string of the molecule is Nc1cnccc1C(=O)Nc1ncccn1. The van der Waals surface area contributed by atoms with Gasteiger partial charge in [0.05, 0.1) is 17.4 Å². The van der Waals surface area contributed by atoms with Gasteiger partial charge in [-0.2, -0.15) is 0 Å². The molecular formula is C10H9N5O. The van der Waals surface area contributed by atoms with E-state index in [-0.39, 0.29) is 11.9 Å². The van der Waals surface area contributed by atoms with Crippen molar-refractivity contribution in [1.29, 1.82) is 0 Å². The number of hydrogen-bond acceptors (Lipinski definition) is 5. The van der Waals surface area contributed by atoms with E-state index in [2.05, 4.69) is 20.3 Å². The normalized spacial score (nSPS) is 9.75. The van der Waals surface area contributed by atoms with E-state index in [4.69, 9.17) is 5.73 Å². The first-order chi connectivity index (χ1) is 7.77. The third-order valence-corrected chi connectivity index (χ3v) is 1.89. The minimum absolute atomic E-state index is 0.240. The number of nitrogen functional groups attached to an aromatic ring is 1. The quantitative estimate of drug-likeness (QED) is 0.769. The van der Waals surface area contributed by atoms with E-state index in [1.54, 1.807) is 18.5 Å². The lowest BCUT2D eigenvalue weighted by Gasteiger charge is -2.04. The number of carbonyl (C=O) groups excluding carboxylic acids is 1. The zero-order valence-corrected chi connectivity index (χ0v) is 8.29. The summed E-state index contributed by atoms with van der Waals surface area (Å²) in [7, 11) is 0. The Morgan fingerprint density at radius 2 is 2.00 bits per heavy atom. The smallest absolute Gasteiger partial charge is 0.260 e. The molecule has 3 N–H and O–H groups in total.